The molecule has 1 aliphatic carbocycles. The highest BCUT2D eigenvalue weighted by Gasteiger charge is 2.28. The van der Waals surface area contributed by atoms with E-state index in [1.165, 1.54) is 25.0 Å². The molecule has 1 heterocycles. The molecule has 2 rings (SSSR count). The van der Waals surface area contributed by atoms with E-state index in [2.05, 4.69) is 24.0 Å². The van der Waals surface area contributed by atoms with Crippen LogP contribution in [0, 0.1) is 0 Å². The molecule has 10 heavy (non-hydrogen) atoms. The number of hydrogen-bond acceptors (Lipinski definition) is 2. The first-order valence-corrected chi connectivity index (χ1v) is 5.27. The number of thioether (sulfide) groups is 1. The van der Waals surface area contributed by atoms with Gasteiger partial charge < -0.3 is 5.32 Å². The van der Waals surface area contributed by atoms with Crippen LogP contribution in [0.2, 0.25) is 0 Å². The summed E-state index contributed by atoms with van der Waals surface area (Å²) >= 11 is 2.11. The summed E-state index contributed by atoms with van der Waals surface area (Å²) in [4.78, 5) is 0. The van der Waals surface area contributed by atoms with Crippen molar-refractivity contribution in [2.45, 2.75) is 43.5 Å². The van der Waals surface area contributed by atoms with Crippen molar-refractivity contribution < 1.29 is 0 Å². The summed E-state index contributed by atoms with van der Waals surface area (Å²) in [6.45, 7) is 2.33. The fraction of sp³-hybridized carbons (Fsp3) is 1.00. The molecule has 0 spiro atoms. The van der Waals surface area contributed by atoms with Crippen molar-refractivity contribution in [1.29, 1.82) is 0 Å². The topological polar surface area (TPSA) is 12.0 Å². The molecule has 2 heteroatoms. The van der Waals surface area contributed by atoms with Crippen molar-refractivity contribution in [3.63, 3.8) is 0 Å². The van der Waals surface area contributed by atoms with E-state index in [0.717, 1.165) is 17.3 Å². The Labute approximate surface area is 67.0 Å². The molecule has 58 valence electrons. The summed E-state index contributed by atoms with van der Waals surface area (Å²) < 4.78 is 0. The molecule has 2 atom stereocenters. The van der Waals surface area contributed by atoms with Gasteiger partial charge in [-0.3, -0.25) is 0 Å². The zero-order chi connectivity index (χ0) is 6.97. The third kappa shape index (κ3) is 1.67. The van der Waals surface area contributed by atoms with Crippen molar-refractivity contribution in [2.24, 2.45) is 0 Å². The number of rotatable bonds is 2. The van der Waals surface area contributed by atoms with E-state index in [4.69, 9.17) is 0 Å². The molecule has 1 saturated carbocycles. The van der Waals surface area contributed by atoms with Crippen molar-refractivity contribution in [2.75, 3.05) is 5.75 Å². The lowest BCUT2D eigenvalue weighted by atomic mass is 10.2. The van der Waals surface area contributed by atoms with Gasteiger partial charge in [-0.2, -0.15) is 11.8 Å². The average Bonchev–Trinajstić information content (AvgIpc) is 2.59. The lowest BCUT2D eigenvalue weighted by Gasteiger charge is -2.08. The van der Waals surface area contributed by atoms with Gasteiger partial charge in [0.2, 0.25) is 0 Å². The molecule has 0 aromatic rings. The fourth-order valence-electron chi connectivity index (χ4n) is 1.52. The van der Waals surface area contributed by atoms with Gasteiger partial charge in [0.1, 0.15) is 0 Å². The standard InChI is InChI=1S/C8H15NS/c1-6-4-8(5-10-6)9-7-2-3-7/h6-9H,2-5H2,1H3. The van der Waals surface area contributed by atoms with E-state index in [9.17, 15) is 0 Å². The summed E-state index contributed by atoms with van der Waals surface area (Å²) in [7, 11) is 0. The van der Waals surface area contributed by atoms with Crippen molar-refractivity contribution in [1.82, 2.24) is 5.32 Å². The van der Waals surface area contributed by atoms with Crippen LogP contribution in [0.15, 0.2) is 0 Å². The van der Waals surface area contributed by atoms with Crippen LogP contribution in [0.1, 0.15) is 26.2 Å². The Kier molecular flexibility index (Phi) is 1.92. The Morgan fingerprint density at radius 2 is 2.10 bits per heavy atom. The van der Waals surface area contributed by atoms with Crippen LogP contribution in [0.4, 0.5) is 0 Å². The summed E-state index contributed by atoms with van der Waals surface area (Å²) in [5, 5.41) is 4.56. The van der Waals surface area contributed by atoms with E-state index in [1.807, 2.05) is 0 Å². The molecule has 1 nitrogen and oxygen atoms in total. The predicted octanol–water partition coefficient (Wildman–Crippen LogP) is 1.63. The SMILES string of the molecule is CC1CC(NC2CC2)CS1. The molecule has 1 saturated heterocycles. The van der Waals surface area contributed by atoms with Gasteiger partial charge in [0.15, 0.2) is 0 Å². The second-order valence-corrected chi connectivity index (χ2v) is 4.99. The van der Waals surface area contributed by atoms with Crippen LogP contribution in [-0.2, 0) is 0 Å². The van der Waals surface area contributed by atoms with Gasteiger partial charge in [-0.25, -0.2) is 0 Å². The maximum atomic E-state index is 3.66. The summed E-state index contributed by atoms with van der Waals surface area (Å²) in [6, 6.07) is 1.74. The first kappa shape index (κ1) is 6.99. The molecule has 2 unspecified atom stereocenters. The second kappa shape index (κ2) is 2.74. The van der Waals surface area contributed by atoms with Gasteiger partial charge in [-0.05, 0) is 19.3 Å². The van der Waals surface area contributed by atoms with Crippen molar-refractivity contribution in [3.05, 3.63) is 0 Å². The largest absolute Gasteiger partial charge is 0.310 e. The third-order valence-electron chi connectivity index (χ3n) is 2.25. The van der Waals surface area contributed by atoms with E-state index in [0.29, 0.717) is 0 Å². The van der Waals surface area contributed by atoms with Crippen LogP contribution in [0.5, 0.6) is 0 Å². The van der Waals surface area contributed by atoms with Crippen LogP contribution in [0.25, 0.3) is 0 Å². The van der Waals surface area contributed by atoms with Gasteiger partial charge in [-0.1, -0.05) is 6.92 Å². The summed E-state index contributed by atoms with van der Waals surface area (Å²) in [6.07, 6.45) is 4.24. The zero-order valence-corrected chi connectivity index (χ0v) is 7.29. The van der Waals surface area contributed by atoms with E-state index in [-0.39, 0.29) is 0 Å². The first-order chi connectivity index (χ1) is 4.84. The van der Waals surface area contributed by atoms with Gasteiger partial charge >= 0.3 is 0 Å². The highest BCUT2D eigenvalue weighted by atomic mass is 32.2. The van der Waals surface area contributed by atoms with Gasteiger partial charge in [-0.15, -0.1) is 0 Å². The van der Waals surface area contributed by atoms with E-state index in [1.54, 1.807) is 0 Å². The maximum absolute atomic E-state index is 3.66. The van der Waals surface area contributed by atoms with E-state index < -0.39 is 0 Å². The fourth-order valence-corrected chi connectivity index (χ4v) is 2.68. The highest BCUT2D eigenvalue weighted by Crippen LogP contribution is 2.29. The highest BCUT2D eigenvalue weighted by molar-refractivity contribution is 8.00. The smallest absolute Gasteiger partial charge is 0.0171 e. The molecule has 0 aromatic heterocycles. The zero-order valence-electron chi connectivity index (χ0n) is 6.47. The lowest BCUT2D eigenvalue weighted by molar-refractivity contribution is 0.536. The van der Waals surface area contributed by atoms with Crippen LogP contribution >= 0.6 is 11.8 Å². The number of hydrogen-bond donors (Lipinski definition) is 1. The average molecular weight is 157 g/mol. The predicted molar refractivity (Wildman–Crippen MR) is 46.5 cm³/mol. The Bertz CT molecular complexity index is 122. The Balaban J connectivity index is 1.72. The van der Waals surface area contributed by atoms with Crippen LogP contribution in [-0.4, -0.2) is 23.1 Å². The molecule has 1 aliphatic heterocycles. The molecule has 0 radical (unpaired) electrons. The van der Waals surface area contributed by atoms with Gasteiger partial charge in [0, 0.05) is 23.1 Å². The Morgan fingerprint density at radius 1 is 1.30 bits per heavy atom. The van der Waals surface area contributed by atoms with E-state index >= 15 is 0 Å². The third-order valence-corrected chi connectivity index (χ3v) is 3.60. The Morgan fingerprint density at radius 3 is 2.60 bits per heavy atom. The molecule has 0 bridgehead atoms. The molecule has 0 amide bonds. The van der Waals surface area contributed by atoms with Gasteiger partial charge in [0.25, 0.3) is 0 Å². The van der Waals surface area contributed by atoms with Crippen LogP contribution in [0.3, 0.4) is 0 Å². The quantitative estimate of drug-likeness (QED) is 0.654. The minimum Gasteiger partial charge on any atom is -0.310 e. The minimum absolute atomic E-state index is 0.840. The monoisotopic (exact) mass is 157 g/mol. The molecule has 2 fully saturated rings. The summed E-state index contributed by atoms with van der Waals surface area (Å²) in [5.74, 6) is 1.34. The van der Waals surface area contributed by atoms with Crippen LogP contribution < -0.4 is 5.32 Å². The van der Waals surface area contributed by atoms with Crippen molar-refractivity contribution >= 4 is 11.8 Å². The molecule has 1 N–H and O–H groups in total. The lowest BCUT2D eigenvalue weighted by Crippen LogP contribution is -2.30. The molecule has 0 aromatic carbocycles. The molecule has 2 aliphatic rings. The van der Waals surface area contributed by atoms with Crippen molar-refractivity contribution in [3.8, 4) is 0 Å². The maximum Gasteiger partial charge on any atom is 0.0171 e. The Hall–Kier alpha value is 0.310. The second-order valence-electron chi connectivity index (χ2n) is 3.52. The summed E-state index contributed by atoms with van der Waals surface area (Å²) in [5.41, 5.74) is 0. The molecular formula is C8H15NS. The van der Waals surface area contributed by atoms with Gasteiger partial charge in [0.05, 0.1) is 0 Å². The minimum atomic E-state index is 0.840. The molecular weight excluding hydrogens is 142 g/mol. The normalized spacial score (nSPS) is 40.5. The first-order valence-electron chi connectivity index (χ1n) is 4.22. The number of nitrogens with one attached hydrogen (secondary N) is 1.